The van der Waals surface area contributed by atoms with Crippen LogP contribution in [0.1, 0.15) is 15.2 Å². The van der Waals surface area contributed by atoms with Crippen LogP contribution in [0.3, 0.4) is 0 Å². The van der Waals surface area contributed by atoms with Crippen LogP contribution in [0.5, 0.6) is 5.75 Å². The molecule has 0 atom stereocenters. The largest absolute Gasteiger partial charge is 0.489 e. The van der Waals surface area contributed by atoms with Crippen LogP contribution >= 0.6 is 11.3 Å². The number of nitrogens with one attached hydrogen (secondary N) is 1. The van der Waals surface area contributed by atoms with Crippen molar-refractivity contribution in [3.05, 3.63) is 87.3 Å². The first kappa shape index (κ1) is 20.0. The van der Waals surface area contributed by atoms with Gasteiger partial charge in [-0.15, -0.1) is 0 Å². The van der Waals surface area contributed by atoms with Gasteiger partial charge >= 0.3 is 11.0 Å². The quantitative estimate of drug-likeness (QED) is 0.340. The first-order valence-corrected chi connectivity index (χ1v) is 9.31. The van der Waals surface area contributed by atoms with Crippen molar-refractivity contribution in [3.8, 4) is 5.75 Å². The Kier molecular flexibility index (Phi) is 6.54. The van der Waals surface area contributed by atoms with Crippen LogP contribution < -0.4 is 10.1 Å². The Hall–Kier alpha value is -3.72. The van der Waals surface area contributed by atoms with Crippen molar-refractivity contribution in [1.29, 1.82) is 0 Å². The molecule has 0 aliphatic carbocycles. The van der Waals surface area contributed by atoms with Gasteiger partial charge in [-0.2, -0.15) is 0 Å². The summed E-state index contributed by atoms with van der Waals surface area (Å²) in [6.07, 6.45) is 0. The monoisotopic (exact) mass is 412 g/mol. The minimum absolute atomic E-state index is 0.0596. The second-order valence-electron chi connectivity index (χ2n) is 5.82. The van der Waals surface area contributed by atoms with Gasteiger partial charge in [0.25, 0.3) is 5.91 Å². The van der Waals surface area contributed by atoms with Gasteiger partial charge in [0.05, 0.1) is 4.92 Å². The molecular formula is C20H16N2O6S. The third-order valence-corrected chi connectivity index (χ3v) is 4.71. The molecule has 1 N–H and O–H groups in total. The Bertz CT molecular complexity index is 1000. The fraction of sp³-hybridized carbons (Fsp3) is 0.100. The summed E-state index contributed by atoms with van der Waals surface area (Å²) in [6, 6.07) is 19.0. The number of nitro groups is 1. The molecular weight excluding hydrogens is 396 g/mol. The third-order valence-electron chi connectivity index (χ3n) is 3.69. The van der Waals surface area contributed by atoms with Crippen LogP contribution in [0, 0.1) is 10.1 Å². The van der Waals surface area contributed by atoms with E-state index >= 15 is 0 Å². The molecule has 0 spiro atoms. The van der Waals surface area contributed by atoms with Crippen molar-refractivity contribution in [3.63, 3.8) is 0 Å². The Balaban J connectivity index is 1.45. The first-order valence-electron chi connectivity index (χ1n) is 8.49. The Morgan fingerprint density at radius 3 is 2.38 bits per heavy atom. The lowest BCUT2D eigenvalue weighted by Crippen LogP contribution is -2.20. The molecule has 1 aromatic heterocycles. The number of carbonyl (C=O) groups excluding carboxylic acids is 2. The number of esters is 1. The average Bonchev–Trinajstić information content (AvgIpc) is 3.23. The molecule has 0 unspecified atom stereocenters. The van der Waals surface area contributed by atoms with Crippen LogP contribution in [0.4, 0.5) is 10.7 Å². The second-order valence-corrected chi connectivity index (χ2v) is 6.88. The maximum atomic E-state index is 11.9. The van der Waals surface area contributed by atoms with Crippen LogP contribution in [0.2, 0.25) is 0 Å². The summed E-state index contributed by atoms with van der Waals surface area (Å²) in [7, 11) is 0. The molecule has 0 saturated carbocycles. The summed E-state index contributed by atoms with van der Waals surface area (Å²) in [5.74, 6) is -0.664. The molecule has 1 amide bonds. The lowest BCUT2D eigenvalue weighted by atomic mass is 10.2. The van der Waals surface area contributed by atoms with Gasteiger partial charge in [-0.25, -0.2) is 4.79 Å². The van der Waals surface area contributed by atoms with Crippen molar-refractivity contribution < 1.29 is 24.0 Å². The molecule has 8 nitrogen and oxygen atoms in total. The summed E-state index contributed by atoms with van der Waals surface area (Å²) in [6.45, 7) is -0.0693. The number of hydrogen-bond donors (Lipinski definition) is 1. The molecule has 0 aliphatic heterocycles. The molecule has 2 aromatic carbocycles. The van der Waals surface area contributed by atoms with Gasteiger partial charge in [-0.05, 0) is 35.9 Å². The zero-order valence-corrected chi connectivity index (χ0v) is 15.9. The zero-order valence-electron chi connectivity index (χ0n) is 15.1. The van der Waals surface area contributed by atoms with E-state index in [4.69, 9.17) is 9.47 Å². The smallest absolute Gasteiger partial charge is 0.349 e. The number of hydrogen-bond acceptors (Lipinski definition) is 7. The molecule has 3 aromatic rings. The van der Waals surface area contributed by atoms with Crippen LogP contribution in [-0.2, 0) is 16.1 Å². The maximum absolute atomic E-state index is 11.9. The number of nitrogens with zero attached hydrogens (tertiary/aromatic N) is 1. The summed E-state index contributed by atoms with van der Waals surface area (Å²) >= 11 is 0.690. The highest BCUT2D eigenvalue weighted by atomic mass is 32.1. The molecule has 0 aliphatic rings. The fourth-order valence-corrected chi connectivity index (χ4v) is 3.02. The fourth-order valence-electron chi connectivity index (χ4n) is 2.31. The Morgan fingerprint density at radius 2 is 1.72 bits per heavy atom. The standard InChI is InChI=1S/C20H16N2O6S/c23-18(13-28-20(24)17-10-11-19(29-17)22(25)26)21-15-6-8-16(9-7-15)27-12-14-4-2-1-3-5-14/h1-11H,12-13H2,(H,21,23). The first-order chi connectivity index (χ1) is 14.0. The number of benzene rings is 2. The molecule has 1 heterocycles. The third kappa shape index (κ3) is 5.88. The summed E-state index contributed by atoms with van der Waals surface area (Å²) < 4.78 is 10.5. The van der Waals surface area contributed by atoms with Crippen molar-refractivity contribution in [2.45, 2.75) is 6.61 Å². The van der Waals surface area contributed by atoms with E-state index in [1.165, 1.54) is 12.1 Å². The normalized spacial score (nSPS) is 10.2. The molecule has 0 saturated heterocycles. The van der Waals surface area contributed by atoms with Gasteiger partial charge in [0.1, 0.15) is 17.2 Å². The van der Waals surface area contributed by atoms with Crippen LogP contribution in [0.15, 0.2) is 66.7 Å². The van der Waals surface area contributed by atoms with E-state index in [1.807, 2.05) is 30.3 Å². The SMILES string of the molecule is O=C(COC(=O)c1ccc([N+](=O)[O-])s1)Nc1ccc(OCc2ccccc2)cc1. The van der Waals surface area contributed by atoms with Crippen molar-refractivity contribution in [1.82, 2.24) is 0 Å². The summed E-state index contributed by atoms with van der Waals surface area (Å²) in [4.78, 5) is 33.9. The Morgan fingerprint density at radius 1 is 1.00 bits per heavy atom. The molecule has 0 radical (unpaired) electrons. The summed E-state index contributed by atoms with van der Waals surface area (Å²) in [5.41, 5.74) is 1.56. The second kappa shape index (κ2) is 9.47. The van der Waals surface area contributed by atoms with Gasteiger partial charge in [-0.3, -0.25) is 14.9 Å². The van der Waals surface area contributed by atoms with Crippen molar-refractivity contribution in [2.75, 3.05) is 11.9 Å². The van der Waals surface area contributed by atoms with Gasteiger partial charge in [0.2, 0.25) is 0 Å². The number of thiophene rings is 1. The van der Waals surface area contributed by atoms with E-state index in [1.54, 1.807) is 24.3 Å². The lowest BCUT2D eigenvalue weighted by Gasteiger charge is -2.09. The van der Waals surface area contributed by atoms with Crippen molar-refractivity contribution >= 4 is 33.9 Å². The van der Waals surface area contributed by atoms with E-state index in [0.29, 0.717) is 29.4 Å². The van der Waals surface area contributed by atoms with Gasteiger partial charge in [0.15, 0.2) is 6.61 Å². The van der Waals surface area contributed by atoms with Gasteiger partial charge < -0.3 is 14.8 Å². The van der Waals surface area contributed by atoms with E-state index in [0.717, 1.165) is 5.56 Å². The van der Waals surface area contributed by atoms with Crippen molar-refractivity contribution in [2.24, 2.45) is 0 Å². The van der Waals surface area contributed by atoms with Gasteiger partial charge in [0, 0.05) is 11.8 Å². The molecule has 3 rings (SSSR count). The number of carbonyl (C=O) groups is 2. The van der Waals surface area contributed by atoms with E-state index in [-0.39, 0.29) is 9.88 Å². The molecule has 9 heteroatoms. The number of anilines is 1. The molecule has 0 fully saturated rings. The predicted octanol–water partition coefficient (Wildman–Crippen LogP) is 4.03. The molecule has 29 heavy (non-hydrogen) atoms. The number of amides is 1. The minimum atomic E-state index is -0.789. The summed E-state index contributed by atoms with van der Waals surface area (Å²) in [5, 5.41) is 13.1. The number of ether oxygens (including phenoxy) is 2. The van der Waals surface area contributed by atoms with E-state index in [9.17, 15) is 19.7 Å². The number of rotatable bonds is 8. The van der Waals surface area contributed by atoms with E-state index in [2.05, 4.69) is 5.32 Å². The highest BCUT2D eigenvalue weighted by Gasteiger charge is 2.17. The molecule has 148 valence electrons. The maximum Gasteiger partial charge on any atom is 0.349 e. The average molecular weight is 412 g/mol. The zero-order chi connectivity index (χ0) is 20.6. The van der Waals surface area contributed by atoms with Gasteiger partial charge in [-0.1, -0.05) is 41.7 Å². The Labute approximate surface area is 169 Å². The highest BCUT2D eigenvalue weighted by molar-refractivity contribution is 7.17. The van der Waals surface area contributed by atoms with E-state index < -0.39 is 23.4 Å². The lowest BCUT2D eigenvalue weighted by molar-refractivity contribution is -0.380. The van der Waals surface area contributed by atoms with Crippen LogP contribution in [0.25, 0.3) is 0 Å². The predicted molar refractivity (Wildman–Crippen MR) is 107 cm³/mol. The topological polar surface area (TPSA) is 108 Å². The minimum Gasteiger partial charge on any atom is -0.489 e. The van der Waals surface area contributed by atoms with Crippen LogP contribution in [-0.4, -0.2) is 23.4 Å². The molecule has 0 bridgehead atoms. The highest BCUT2D eigenvalue weighted by Crippen LogP contribution is 2.24.